The quantitative estimate of drug-likeness (QED) is 0.652. The van der Waals surface area contributed by atoms with Gasteiger partial charge in [0.15, 0.2) is 0 Å². The molecule has 0 atom stereocenters. The van der Waals surface area contributed by atoms with Crippen molar-refractivity contribution in [2.45, 2.75) is 18.9 Å². The van der Waals surface area contributed by atoms with Crippen LogP contribution in [0, 0.1) is 0 Å². The van der Waals surface area contributed by atoms with E-state index in [1.54, 1.807) is 0 Å². The highest BCUT2D eigenvalue weighted by Gasteiger charge is 2.16. The molecule has 0 saturated carbocycles. The molecule has 6 heteroatoms. The van der Waals surface area contributed by atoms with E-state index in [9.17, 15) is 8.78 Å². The van der Waals surface area contributed by atoms with E-state index in [1.807, 2.05) is 0 Å². The Kier molecular flexibility index (Phi) is 4.04. The molecule has 0 saturated heterocycles. The highest BCUT2D eigenvalue weighted by Crippen LogP contribution is 2.27. The van der Waals surface area contributed by atoms with Crippen molar-refractivity contribution in [3.63, 3.8) is 0 Å². The molecule has 0 spiro atoms. The van der Waals surface area contributed by atoms with Crippen molar-refractivity contribution < 1.29 is 13.9 Å². The van der Waals surface area contributed by atoms with Crippen molar-refractivity contribution >= 4 is 23.2 Å². The molecule has 0 bridgehead atoms. The molecule has 0 radical (unpaired) electrons. The number of hydrogen-bond donors (Lipinski definition) is 1. The largest absolute Gasteiger partial charge is 0.392 e. The predicted molar refractivity (Wildman–Crippen MR) is 49.7 cm³/mol. The molecule has 1 rings (SSSR count). The smallest absolute Gasteiger partial charge is 0.265 e. The molecule has 0 fully saturated rings. The number of aromatic nitrogens is 1. The first-order chi connectivity index (χ1) is 6.60. The van der Waals surface area contributed by atoms with Gasteiger partial charge in [-0.2, -0.15) is 0 Å². The monoisotopic (exact) mass is 241 g/mol. The normalized spacial score (nSPS) is 11.0. The minimum Gasteiger partial charge on any atom is -0.392 e. The number of aliphatic hydroxyl groups is 1. The van der Waals surface area contributed by atoms with Gasteiger partial charge in [0.25, 0.3) is 6.43 Å². The maximum absolute atomic E-state index is 12.4. The highest BCUT2D eigenvalue weighted by atomic mass is 35.5. The van der Waals surface area contributed by atoms with E-state index in [2.05, 4.69) is 4.98 Å². The van der Waals surface area contributed by atoms with E-state index in [0.717, 1.165) is 6.07 Å². The van der Waals surface area contributed by atoms with Crippen molar-refractivity contribution in [2.24, 2.45) is 0 Å². The van der Waals surface area contributed by atoms with Gasteiger partial charge in [-0.25, -0.2) is 13.8 Å². The van der Waals surface area contributed by atoms with Gasteiger partial charge in [-0.3, -0.25) is 0 Å². The molecule has 2 nitrogen and oxygen atoms in total. The molecular formula is C8H7Cl2F2NO. The van der Waals surface area contributed by atoms with Crippen LogP contribution in [0.25, 0.3) is 0 Å². The number of nitrogens with zero attached hydrogens (tertiary/aromatic N) is 1. The molecular weight excluding hydrogens is 235 g/mol. The first-order valence-corrected chi connectivity index (χ1v) is 4.64. The molecule has 78 valence electrons. The summed E-state index contributed by atoms with van der Waals surface area (Å²) in [5.74, 6) is -0.134. The summed E-state index contributed by atoms with van der Waals surface area (Å²) in [7, 11) is 0. The second-order valence-corrected chi connectivity index (χ2v) is 3.19. The summed E-state index contributed by atoms with van der Waals surface area (Å²) < 4.78 is 24.9. The van der Waals surface area contributed by atoms with Crippen LogP contribution in [0.5, 0.6) is 0 Å². The fourth-order valence-corrected chi connectivity index (χ4v) is 1.42. The van der Waals surface area contributed by atoms with Gasteiger partial charge in [0, 0.05) is 11.1 Å². The Morgan fingerprint density at radius 1 is 1.50 bits per heavy atom. The Bertz CT molecular complexity index is 333. The molecule has 1 aromatic heterocycles. The lowest BCUT2D eigenvalue weighted by atomic mass is 10.1. The van der Waals surface area contributed by atoms with Gasteiger partial charge < -0.3 is 5.11 Å². The molecule has 0 aromatic carbocycles. The Balaban J connectivity index is 3.25. The summed E-state index contributed by atoms with van der Waals surface area (Å²) in [6, 6.07) is 1.12. The van der Waals surface area contributed by atoms with Crippen LogP contribution in [-0.2, 0) is 12.5 Å². The second-order valence-electron chi connectivity index (χ2n) is 2.57. The summed E-state index contributed by atoms with van der Waals surface area (Å²) in [4.78, 5) is 3.68. The van der Waals surface area contributed by atoms with Crippen molar-refractivity contribution in [1.82, 2.24) is 4.98 Å². The SMILES string of the molecule is OCc1cc(C(F)F)c(CCl)nc1Cl. The van der Waals surface area contributed by atoms with Crippen LogP contribution in [0.3, 0.4) is 0 Å². The number of rotatable bonds is 3. The Labute approximate surface area is 89.5 Å². The van der Waals surface area contributed by atoms with E-state index in [1.165, 1.54) is 0 Å². The molecule has 1 heterocycles. The van der Waals surface area contributed by atoms with Gasteiger partial charge >= 0.3 is 0 Å². The summed E-state index contributed by atoms with van der Waals surface area (Å²) >= 11 is 11.0. The molecule has 0 aliphatic rings. The van der Waals surface area contributed by atoms with Crippen molar-refractivity contribution in [2.75, 3.05) is 0 Å². The van der Waals surface area contributed by atoms with Crippen LogP contribution >= 0.6 is 23.2 Å². The van der Waals surface area contributed by atoms with Gasteiger partial charge in [-0.1, -0.05) is 11.6 Å². The molecule has 0 aliphatic heterocycles. The summed E-state index contributed by atoms with van der Waals surface area (Å²) in [5.41, 5.74) is -0.0619. The fourth-order valence-electron chi connectivity index (χ4n) is 0.992. The van der Waals surface area contributed by atoms with Crippen LogP contribution < -0.4 is 0 Å². The van der Waals surface area contributed by atoms with Crippen LogP contribution in [-0.4, -0.2) is 10.1 Å². The summed E-state index contributed by atoms with van der Waals surface area (Å²) in [6.45, 7) is -0.423. The number of alkyl halides is 3. The number of aliphatic hydroxyl groups excluding tert-OH is 1. The van der Waals surface area contributed by atoms with Crippen LogP contribution in [0.15, 0.2) is 6.07 Å². The Morgan fingerprint density at radius 3 is 2.57 bits per heavy atom. The molecule has 1 aromatic rings. The van der Waals surface area contributed by atoms with Gasteiger partial charge in [-0.05, 0) is 6.07 Å². The highest BCUT2D eigenvalue weighted by molar-refractivity contribution is 6.30. The molecule has 1 N–H and O–H groups in total. The first-order valence-electron chi connectivity index (χ1n) is 3.73. The summed E-state index contributed by atoms with van der Waals surface area (Å²) in [6.07, 6.45) is -2.67. The van der Waals surface area contributed by atoms with Gasteiger partial charge in [0.05, 0.1) is 18.2 Å². The fraction of sp³-hybridized carbons (Fsp3) is 0.375. The number of pyridine rings is 1. The molecule has 0 amide bonds. The van der Waals surface area contributed by atoms with Crippen molar-refractivity contribution in [3.8, 4) is 0 Å². The maximum Gasteiger partial charge on any atom is 0.265 e. The third-order valence-corrected chi connectivity index (χ3v) is 2.27. The summed E-state index contributed by atoms with van der Waals surface area (Å²) in [5, 5.41) is 8.79. The van der Waals surface area contributed by atoms with Crippen molar-refractivity contribution in [3.05, 3.63) is 28.0 Å². The third-order valence-electron chi connectivity index (χ3n) is 1.69. The minimum absolute atomic E-state index is 0.00699. The lowest BCUT2D eigenvalue weighted by Crippen LogP contribution is -2.00. The molecule has 0 aliphatic carbocycles. The predicted octanol–water partition coefficient (Wildman–Crippen LogP) is 2.90. The van der Waals surface area contributed by atoms with Crippen LogP contribution in [0.2, 0.25) is 5.15 Å². The average Bonchev–Trinajstić information content (AvgIpc) is 2.16. The Hall–Kier alpha value is -0.450. The second kappa shape index (κ2) is 4.87. The van der Waals surface area contributed by atoms with Gasteiger partial charge in [-0.15, -0.1) is 11.6 Å². The zero-order chi connectivity index (χ0) is 10.7. The Morgan fingerprint density at radius 2 is 2.14 bits per heavy atom. The maximum atomic E-state index is 12.4. The van der Waals surface area contributed by atoms with E-state index >= 15 is 0 Å². The molecule has 0 unspecified atom stereocenters. The third kappa shape index (κ3) is 2.32. The van der Waals surface area contributed by atoms with E-state index in [4.69, 9.17) is 28.3 Å². The number of halogens is 4. The van der Waals surface area contributed by atoms with Gasteiger partial charge in [0.1, 0.15) is 5.15 Å². The van der Waals surface area contributed by atoms with Crippen LogP contribution in [0.1, 0.15) is 23.2 Å². The lowest BCUT2D eigenvalue weighted by molar-refractivity contribution is 0.149. The zero-order valence-corrected chi connectivity index (χ0v) is 8.49. The van der Waals surface area contributed by atoms with Gasteiger partial charge in [0.2, 0.25) is 0 Å². The van der Waals surface area contributed by atoms with Crippen LogP contribution in [0.4, 0.5) is 8.78 Å². The molecule has 14 heavy (non-hydrogen) atoms. The van der Waals surface area contributed by atoms with E-state index in [-0.39, 0.29) is 27.9 Å². The van der Waals surface area contributed by atoms with E-state index < -0.39 is 13.0 Å². The average molecular weight is 242 g/mol. The zero-order valence-electron chi connectivity index (χ0n) is 6.98. The van der Waals surface area contributed by atoms with Crippen molar-refractivity contribution in [1.29, 1.82) is 0 Å². The van der Waals surface area contributed by atoms with E-state index in [0.29, 0.717) is 0 Å². The minimum atomic E-state index is -2.67. The topological polar surface area (TPSA) is 33.1 Å². The number of hydrogen-bond acceptors (Lipinski definition) is 2. The standard InChI is InChI=1S/C8H7Cl2F2NO/c9-2-6-5(8(11)12)1-4(3-14)7(10)13-6/h1,8,14H,2-3H2. The first kappa shape index (κ1) is 11.6. The lowest BCUT2D eigenvalue weighted by Gasteiger charge is -2.08.